The molecule has 2 fully saturated rings. The van der Waals surface area contributed by atoms with E-state index in [9.17, 15) is 9.59 Å². The molecule has 0 unspecified atom stereocenters. The number of benzene rings is 2. The highest BCUT2D eigenvalue weighted by molar-refractivity contribution is 5.90. The molecule has 1 N–H and O–H groups in total. The van der Waals surface area contributed by atoms with Crippen molar-refractivity contribution in [2.75, 3.05) is 26.2 Å². The van der Waals surface area contributed by atoms with Crippen molar-refractivity contribution in [3.63, 3.8) is 0 Å². The Morgan fingerprint density at radius 1 is 0.889 bits per heavy atom. The summed E-state index contributed by atoms with van der Waals surface area (Å²) in [4.78, 5) is 28.4. The molecule has 27 heavy (non-hydrogen) atoms. The summed E-state index contributed by atoms with van der Waals surface area (Å²) < 4.78 is 0. The summed E-state index contributed by atoms with van der Waals surface area (Å²) in [5.74, 6) is 0.0525. The minimum atomic E-state index is -0.330. The first kappa shape index (κ1) is 17.7. The summed E-state index contributed by atoms with van der Waals surface area (Å²) in [7, 11) is 0. The maximum absolute atomic E-state index is 12.7. The van der Waals surface area contributed by atoms with Crippen LogP contribution in [0.5, 0.6) is 0 Å². The standard InChI is InChI=1S/C22H25N3O2/c26-20-12-11-19(23-20)22(27)25-15-13-24(14-16-25)21(17-7-3-1-4-8-17)18-9-5-2-6-10-18/h1-10,19,21H,11-16H2,(H,23,26)/t19-/m0/s1. The van der Waals surface area contributed by atoms with Crippen LogP contribution in [0, 0.1) is 0 Å². The molecule has 140 valence electrons. The van der Waals surface area contributed by atoms with Gasteiger partial charge in [0.05, 0.1) is 6.04 Å². The average molecular weight is 363 g/mol. The van der Waals surface area contributed by atoms with E-state index in [-0.39, 0.29) is 23.9 Å². The van der Waals surface area contributed by atoms with Gasteiger partial charge in [-0.1, -0.05) is 60.7 Å². The maximum atomic E-state index is 12.7. The largest absolute Gasteiger partial charge is 0.344 e. The topological polar surface area (TPSA) is 52.7 Å². The SMILES string of the molecule is O=C1CC[C@@H](C(=O)N2CCN(C(c3ccccc3)c3ccccc3)CC2)N1. The van der Waals surface area contributed by atoms with Crippen LogP contribution in [0.25, 0.3) is 0 Å². The lowest BCUT2D eigenvalue weighted by molar-refractivity contribution is -0.136. The highest BCUT2D eigenvalue weighted by Crippen LogP contribution is 2.29. The molecule has 5 nitrogen and oxygen atoms in total. The summed E-state index contributed by atoms with van der Waals surface area (Å²) >= 11 is 0. The summed E-state index contributed by atoms with van der Waals surface area (Å²) in [5, 5.41) is 2.79. The molecule has 0 aromatic heterocycles. The van der Waals surface area contributed by atoms with Gasteiger partial charge in [-0.25, -0.2) is 0 Å². The van der Waals surface area contributed by atoms with Crippen molar-refractivity contribution in [2.45, 2.75) is 24.9 Å². The summed E-state index contributed by atoms with van der Waals surface area (Å²) in [6.07, 6.45) is 1.08. The highest BCUT2D eigenvalue weighted by Gasteiger charge is 2.33. The molecule has 2 amide bonds. The first-order chi connectivity index (χ1) is 13.2. The third-order valence-corrected chi connectivity index (χ3v) is 5.52. The van der Waals surface area contributed by atoms with Gasteiger partial charge in [-0.3, -0.25) is 14.5 Å². The van der Waals surface area contributed by atoms with Crippen LogP contribution in [0.15, 0.2) is 60.7 Å². The lowest BCUT2D eigenvalue weighted by atomic mass is 9.96. The van der Waals surface area contributed by atoms with Gasteiger partial charge in [0.2, 0.25) is 11.8 Å². The van der Waals surface area contributed by atoms with Gasteiger partial charge in [0.15, 0.2) is 0 Å². The van der Waals surface area contributed by atoms with Crippen LogP contribution in [0.4, 0.5) is 0 Å². The van der Waals surface area contributed by atoms with Crippen molar-refractivity contribution in [3.05, 3.63) is 71.8 Å². The van der Waals surface area contributed by atoms with Crippen LogP contribution >= 0.6 is 0 Å². The zero-order valence-corrected chi connectivity index (χ0v) is 15.4. The predicted octanol–water partition coefficient (Wildman–Crippen LogP) is 2.20. The van der Waals surface area contributed by atoms with E-state index in [4.69, 9.17) is 0 Å². The fourth-order valence-corrected chi connectivity index (χ4v) is 4.10. The Balaban J connectivity index is 1.47. The second kappa shape index (κ2) is 7.92. The molecule has 0 spiro atoms. The van der Waals surface area contributed by atoms with Crippen molar-refractivity contribution in [1.82, 2.24) is 15.1 Å². The molecule has 4 rings (SSSR count). The van der Waals surface area contributed by atoms with E-state index < -0.39 is 0 Å². The van der Waals surface area contributed by atoms with Gasteiger partial charge in [-0.15, -0.1) is 0 Å². The number of nitrogens with zero attached hydrogens (tertiary/aromatic N) is 2. The third-order valence-electron chi connectivity index (χ3n) is 5.52. The fourth-order valence-electron chi connectivity index (χ4n) is 4.10. The molecule has 2 aromatic carbocycles. The van der Waals surface area contributed by atoms with Gasteiger partial charge in [-0.05, 0) is 17.5 Å². The van der Waals surface area contributed by atoms with Gasteiger partial charge >= 0.3 is 0 Å². The Hall–Kier alpha value is -2.66. The zero-order chi connectivity index (χ0) is 18.6. The van der Waals surface area contributed by atoms with Gasteiger partial charge in [0.25, 0.3) is 0 Å². The molecular formula is C22H25N3O2. The molecule has 0 aliphatic carbocycles. The lowest BCUT2D eigenvalue weighted by Crippen LogP contribution is -2.53. The van der Waals surface area contributed by atoms with Crippen molar-refractivity contribution < 1.29 is 9.59 Å². The maximum Gasteiger partial charge on any atom is 0.245 e. The molecule has 2 aromatic rings. The normalized spacial score (nSPS) is 20.7. The second-order valence-corrected chi connectivity index (χ2v) is 7.24. The monoisotopic (exact) mass is 363 g/mol. The number of rotatable bonds is 4. The van der Waals surface area contributed by atoms with Crippen LogP contribution < -0.4 is 5.32 Å². The first-order valence-corrected chi connectivity index (χ1v) is 9.64. The van der Waals surface area contributed by atoms with Crippen LogP contribution in [0.2, 0.25) is 0 Å². The molecule has 2 aliphatic rings. The molecule has 0 bridgehead atoms. The number of nitrogens with one attached hydrogen (secondary N) is 1. The number of carbonyl (C=O) groups excluding carboxylic acids is 2. The summed E-state index contributed by atoms with van der Waals surface area (Å²) in [6.45, 7) is 3.03. The van der Waals surface area contributed by atoms with Gasteiger partial charge < -0.3 is 10.2 Å². The summed E-state index contributed by atoms with van der Waals surface area (Å²) in [6, 6.07) is 20.9. The molecule has 2 saturated heterocycles. The molecule has 0 saturated carbocycles. The van der Waals surface area contributed by atoms with E-state index in [2.05, 4.69) is 58.7 Å². The van der Waals surface area contributed by atoms with E-state index >= 15 is 0 Å². The van der Waals surface area contributed by atoms with Crippen LogP contribution in [0.1, 0.15) is 30.0 Å². The van der Waals surface area contributed by atoms with Crippen LogP contribution in [-0.2, 0) is 9.59 Å². The quantitative estimate of drug-likeness (QED) is 0.906. The smallest absolute Gasteiger partial charge is 0.245 e. The Bertz CT molecular complexity index is 746. The number of hydrogen-bond donors (Lipinski definition) is 1. The Morgan fingerprint density at radius 3 is 1.93 bits per heavy atom. The number of piperazine rings is 1. The minimum absolute atomic E-state index is 0.0137. The van der Waals surface area contributed by atoms with Crippen molar-refractivity contribution >= 4 is 11.8 Å². The van der Waals surface area contributed by atoms with Crippen LogP contribution in [-0.4, -0.2) is 53.8 Å². The number of amides is 2. The lowest BCUT2D eigenvalue weighted by Gasteiger charge is -2.40. The number of hydrogen-bond acceptors (Lipinski definition) is 3. The number of carbonyl (C=O) groups is 2. The molecule has 5 heteroatoms. The summed E-state index contributed by atoms with van der Waals surface area (Å²) in [5.41, 5.74) is 2.54. The molecule has 0 radical (unpaired) electrons. The highest BCUT2D eigenvalue weighted by atomic mass is 16.2. The van der Waals surface area contributed by atoms with E-state index in [1.54, 1.807) is 0 Å². The van der Waals surface area contributed by atoms with Crippen LogP contribution in [0.3, 0.4) is 0 Å². The van der Waals surface area contributed by atoms with Gasteiger partial charge in [0.1, 0.15) is 6.04 Å². The van der Waals surface area contributed by atoms with Gasteiger partial charge in [-0.2, -0.15) is 0 Å². The van der Waals surface area contributed by atoms with E-state index in [0.29, 0.717) is 25.9 Å². The van der Waals surface area contributed by atoms with Crippen molar-refractivity contribution in [1.29, 1.82) is 0 Å². The van der Waals surface area contributed by atoms with Crippen molar-refractivity contribution in [3.8, 4) is 0 Å². The van der Waals surface area contributed by atoms with E-state index in [0.717, 1.165) is 13.1 Å². The average Bonchev–Trinajstić information content (AvgIpc) is 3.16. The molecule has 2 aliphatic heterocycles. The Morgan fingerprint density at radius 2 is 1.44 bits per heavy atom. The fraction of sp³-hybridized carbons (Fsp3) is 0.364. The molecular weight excluding hydrogens is 338 g/mol. The first-order valence-electron chi connectivity index (χ1n) is 9.64. The molecule has 1 atom stereocenters. The predicted molar refractivity (Wildman–Crippen MR) is 104 cm³/mol. The van der Waals surface area contributed by atoms with Gasteiger partial charge in [0, 0.05) is 32.6 Å². The minimum Gasteiger partial charge on any atom is -0.344 e. The third kappa shape index (κ3) is 3.88. The van der Waals surface area contributed by atoms with E-state index in [1.807, 2.05) is 17.0 Å². The van der Waals surface area contributed by atoms with Crippen molar-refractivity contribution in [2.24, 2.45) is 0 Å². The Labute approximate surface area is 160 Å². The molecule has 2 heterocycles. The van der Waals surface area contributed by atoms with E-state index in [1.165, 1.54) is 11.1 Å². The zero-order valence-electron chi connectivity index (χ0n) is 15.4. The Kier molecular flexibility index (Phi) is 5.21. The second-order valence-electron chi connectivity index (χ2n) is 7.24.